The fourth-order valence-electron chi connectivity index (χ4n) is 1.83. The van der Waals surface area contributed by atoms with Crippen LogP contribution in [0.5, 0.6) is 0 Å². The molecule has 1 heterocycles. The normalized spacial score (nSPS) is 11.5. The smallest absolute Gasteiger partial charge is 0.136 e. The van der Waals surface area contributed by atoms with Crippen molar-refractivity contribution in [3.8, 4) is 0 Å². The Bertz CT molecular complexity index is 486. The van der Waals surface area contributed by atoms with Crippen LogP contribution in [0.15, 0.2) is 22.8 Å². The van der Waals surface area contributed by atoms with Gasteiger partial charge in [-0.25, -0.2) is 0 Å². The molecular formula is C12H15BrN2. The van der Waals surface area contributed by atoms with Crippen molar-refractivity contribution in [1.29, 1.82) is 0 Å². The molecule has 15 heavy (non-hydrogen) atoms. The average Bonchev–Trinajstić information content (AvgIpc) is 2.44. The van der Waals surface area contributed by atoms with Gasteiger partial charge in [-0.3, -0.25) is 4.68 Å². The Morgan fingerprint density at radius 2 is 2.13 bits per heavy atom. The summed E-state index contributed by atoms with van der Waals surface area (Å²) in [4.78, 5) is 0. The van der Waals surface area contributed by atoms with E-state index in [1.807, 2.05) is 0 Å². The first-order valence-electron chi connectivity index (χ1n) is 5.21. The summed E-state index contributed by atoms with van der Waals surface area (Å²) in [6.07, 6.45) is 0. The number of nitrogens with zero attached hydrogens (tertiary/aromatic N) is 2. The quantitative estimate of drug-likeness (QED) is 0.810. The van der Waals surface area contributed by atoms with E-state index in [2.05, 4.69) is 64.7 Å². The second-order valence-electron chi connectivity index (χ2n) is 4.34. The van der Waals surface area contributed by atoms with Crippen LogP contribution in [0, 0.1) is 12.8 Å². The molecule has 0 aliphatic heterocycles. The van der Waals surface area contributed by atoms with Gasteiger partial charge in [0, 0.05) is 11.9 Å². The van der Waals surface area contributed by atoms with Crippen molar-refractivity contribution in [2.45, 2.75) is 27.3 Å². The molecule has 0 aliphatic rings. The van der Waals surface area contributed by atoms with Crippen LogP contribution in [-0.2, 0) is 6.54 Å². The second kappa shape index (κ2) is 3.97. The lowest BCUT2D eigenvalue weighted by Crippen LogP contribution is -2.05. The molecule has 0 atom stereocenters. The highest BCUT2D eigenvalue weighted by atomic mass is 79.9. The van der Waals surface area contributed by atoms with E-state index in [9.17, 15) is 0 Å². The molecule has 0 aliphatic carbocycles. The van der Waals surface area contributed by atoms with E-state index in [0.717, 1.165) is 11.1 Å². The van der Waals surface area contributed by atoms with Gasteiger partial charge in [0.25, 0.3) is 0 Å². The third-order valence-electron chi connectivity index (χ3n) is 2.48. The summed E-state index contributed by atoms with van der Waals surface area (Å²) in [5.41, 5.74) is 2.49. The molecule has 2 nitrogen and oxygen atoms in total. The number of fused-ring (bicyclic) bond motifs is 1. The monoisotopic (exact) mass is 266 g/mol. The van der Waals surface area contributed by atoms with Crippen LogP contribution in [0.2, 0.25) is 0 Å². The Hall–Kier alpha value is -0.830. The van der Waals surface area contributed by atoms with Crippen molar-refractivity contribution in [3.63, 3.8) is 0 Å². The molecule has 2 aromatic rings. The van der Waals surface area contributed by atoms with E-state index in [4.69, 9.17) is 0 Å². The van der Waals surface area contributed by atoms with Gasteiger partial charge < -0.3 is 0 Å². The summed E-state index contributed by atoms with van der Waals surface area (Å²) in [6.45, 7) is 7.49. The molecule has 0 saturated heterocycles. The Kier molecular flexibility index (Phi) is 2.83. The zero-order chi connectivity index (χ0) is 11.0. The van der Waals surface area contributed by atoms with Crippen molar-refractivity contribution in [2.24, 2.45) is 5.92 Å². The molecule has 0 spiro atoms. The van der Waals surface area contributed by atoms with Crippen LogP contribution in [0.1, 0.15) is 19.4 Å². The molecule has 80 valence electrons. The van der Waals surface area contributed by atoms with Crippen LogP contribution in [0.4, 0.5) is 0 Å². The van der Waals surface area contributed by atoms with Gasteiger partial charge in [-0.15, -0.1) is 0 Å². The largest absolute Gasteiger partial charge is 0.263 e. The lowest BCUT2D eigenvalue weighted by atomic mass is 10.1. The van der Waals surface area contributed by atoms with E-state index in [1.54, 1.807) is 0 Å². The minimum Gasteiger partial charge on any atom is -0.263 e. The SMILES string of the molecule is Cc1cccc2c1c(Br)nn2CC(C)C. The van der Waals surface area contributed by atoms with Crippen molar-refractivity contribution in [1.82, 2.24) is 9.78 Å². The summed E-state index contributed by atoms with van der Waals surface area (Å²) >= 11 is 3.53. The molecule has 0 saturated carbocycles. The maximum absolute atomic E-state index is 4.52. The third-order valence-corrected chi connectivity index (χ3v) is 3.04. The van der Waals surface area contributed by atoms with Gasteiger partial charge in [0.2, 0.25) is 0 Å². The van der Waals surface area contributed by atoms with Crippen LogP contribution < -0.4 is 0 Å². The van der Waals surface area contributed by atoms with Gasteiger partial charge in [-0.1, -0.05) is 26.0 Å². The Morgan fingerprint density at radius 1 is 1.40 bits per heavy atom. The van der Waals surface area contributed by atoms with Gasteiger partial charge >= 0.3 is 0 Å². The first kappa shape index (κ1) is 10.7. The van der Waals surface area contributed by atoms with Crippen LogP contribution in [-0.4, -0.2) is 9.78 Å². The number of halogens is 1. The van der Waals surface area contributed by atoms with E-state index < -0.39 is 0 Å². The highest BCUT2D eigenvalue weighted by Gasteiger charge is 2.10. The number of hydrogen-bond donors (Lipinski definition) is 0. The van der Waals surface area contributed by atoms with Crippen molar-refractivity contribution >= 4 is 26.8 Å². The zero-order valence-corrected chi connectivity index (χ0v) is 10.9. The molecule has 0 amide bonds. The summed E-state index contributed by atoms with van der Waals surface area (Å²) < 4.78 is 3.04. The minimum atomic E-state index is 0.612. The van der Waals surface area contributed by atoms with Crippen molar-refractivity contribution < 1.29 is 0 Å². The predicted octanol–water partition coefficient (Wildman–Crippen LogP) is 3.76. The van der Waals surface area contributed by atoms with Crippen LogP contribution in [0.3, 0.4) is 0 Å². The number of hydrogen-bond acceptors (Lipinski definition) is 1. The van der Waals surface area contributed by atoms with Gasteiger partial charge in [0.1, 0.15) is 4.60 Å². The van der Waals surface area contributed by atoms with Gasteiger partial charge in [-0.05, 0) is 40.4 Å². The first-order chi connectivity index (χ1) is 7.09. The van der Waals surface area contributed by atoms with E-state index >= 15 is 0 Å². The molecule has 0 bridgehead atoms. The Morgan fingerprint density at radius 3 is 2.80 bits per heavy atom. The van der Waals surface area contributed by atoms with Gasteiger partial charge in [-0.2, -0.15) is 5.10 Å². The highest BCUT2D eigenvalue weighted by molar-refractivity contribution is 9.10. The fourth-order valence-corrected chi connectivity index (χ4v) is 2.54. The first-order valence-corrected chi connectivity index (χ1v) is 6.00. The van der Waals surface area contributed by atoms with Gasteiger partial charge in [0.05, 0.1) is 5.52 Å². The fraction of sp³-hybridized carbons (Fsp3) is 0.417. The topological polar surface area (TPSA) is 17.8 Å². The Labute approximate surface area is 98.4 Å². The second-order valence-corrected chi connectivity index (χ2v) is 5.09. The van der Waals surface area contributed by atoms with Crippen molar-refractivity contribution in [3.05, 3.63) is 28.4 Å². The van der Waals surface area contributed by atoms with E-state index in [0.29, 0.717) is 5.92 Å². The molecule has 1 aromatic carbocycles. The predicted molar refractivity (Wildman–Crippen MR) is 67.0 cm³/mol. The zero-order valence-electron chi connectivity index (χ0n) is 9.29. The summed E-state index contributed by atoms with van der Waals surface area (Å²) in [5, 5.41) is 5.76. The summed E-state index contributed by atoms with van der Waals surface area (Å²) in [7, 11) is 0. The molecule has 0 N–H and O–H groups in total. The molecule has 2 rings (SSSR count). The molecular weight excluding hydrogens is 252 g/mol. The number of aryl methyl sites for hydroxylation is 1. The number of benzene rings is 1. The molecule has 1 aromatic heterocycles. The highest BCUT2D eigenvalue weighted by Crippen LogP contribution is 2.26. The summed E-state index contributed by atoms with van der Waals surface area (Å²) in [5.74, 6) is 0.612. The van der Waals surface area contributed by atoms with Gasteiger partial charge in [0.15, 0.2) is 0 Å². The summed E-state index contributed by atoms with van der Waals surface area (Å²) in [6, 6.07) is 6.33. The molecule has 0 fully saturated rings. The van der Waals surface area contributed by atoms with E-state index in [-0.39, 0.29) is 0 Å². The number of rotatable bonds is 2. The minimum absolute atomic E-state index is 0.612. The van der Waals surface area contributed by atoms with E-state index in [1.165, 1.54) is 16.5 Å². The molecule has 0 unspecified atom stereocenters. The maximum Gasteiger partial charge on any atom is 0.136 e. The molecule has 3 heteroatoms. The number of aromatic nitrogens is 2. The lowest BCUT2D eigenvalue weighted by molar-refractivity contribution is 0.493. The lowest BCUT2D eigenvalue weighted by Gasteiger charge is -2.06. The van der Waals surface area contributed by atoms with Crippen molar-refractivity contribution in [2.75, 3.05) is 0 Å². The Balaban J connectivity index is 2.63. The third kappa shape index (κ3) is 1.93. The molecule has 0 radical (unpaired) electrons. The van der Waals surface area contributed by atoms with Crippen LogP contribution in [0.25, 0.3) is 10.9 Å². The average molecular weight is 267 g/mol. The standard InChI is InChI=1S/C12H15BrN2/c1-8(2)7-15-10-6-4-5-9(3)11(10)12(13)14-15/h4-6,8H,7H2,1-3H3. The maximum atomic E-state index is 4.52. The van der Waals surface area contributed by atoms with Crippen LogP contribution >= 0.6 is 15.9 Å².